The lowest BCUT2D eigenvalue weighted by atomic mass is 10.1. The summed E-state index contributed by atoms with van der Waals surface area (Å²) < 4.78 is 5.33. The fourth-order valence-electron chi connectivity index (χ4n) is 1.50. The highest BCUT2D eigenvalue weighted by Gasteiger charge is 2.04. The molecule has 1 aromatic heterocycles. The van der Waals surface area contributed by atoms with E-state index in [-0.39, 0.29) is 0 Å². The lowest BCUT2D eigenvalue weighted by Crippen LogP contribution is -2.05. The molecule has 0 saturated heterocycles. The molecule has 0 aliphatic carbocycles. The number of nitrogens with one attached hydrogen (secondary N) is 1. The average Bonchev–Trinajstić information content (AvgIpc) is 2.75. The fourth-order valence-corrected chi connectivity index (χ4v) is 1.68. The lowest BCUT2D eigenvalue weighted by Gasteiger charge is -2.05. The molecule has 2 aromatic rings. The van der Waals surface area contributed by atoms with E-state index >= 15 is 0 Å². The van der Waals surface area contributed by atoms with Gasteiger partial charge in [0.15, 0.2) is 0 Å². The highest BCUT2D eigenvalue weighted by molar-refractivity contribution is 6.31. The molecule has 0 amide bonds. The first-order valence-corrected chi connectivity index (χ1v) is 5.16. The molecule has 0 unspecified atom stereocenters. The third kappa shape index (κ3) is 2.22. The number of furan rings is 1. The first-order valence-electron chi connectivity index (χ1n) is 4.78. The Labute approximate surface area is 93.9 Å². The summed E-state index contributed by atoms with van der Waals surface area (Å²) >= 11 is 6.07. The molecule has 0 saturated carbocycles. The number of hydrogen-bond donors (Lipinski definition) is 1. The molecule has 15 heavy (non-hydrogen) atoms. The van der Waals surface area contributed by atoms with Gasteiger partial charge < -0.3 is 9.73 Å². The first kappa shape index (κ1) is 10.3. The highest BCUT2D eigenvalue weighted by Crippen LogP contribution is 2.25. The second kappa shape index (κ2) is 4.51. The van der Waals surface area contributed by atoms with Gasteiger partial charge in [-0.2, -0.15) is 0 Å². The van der Waals surface area contributed by atoms with Crippen molar-refractivity contribution < 1.29 is 4.42 Å². The minimum atomic E-state index is 0.757. The molecule has 1 aromatic carbocycles. The number of halogens is 1. The molecular weight excluding hydrogens is 210 g/mol. The lowest BCUT2D eigenvalue weighted by molar-refractivity contribution is 0.582. The molecule has 0 spiro atoms. The van der Waals surface area contributed by atoms with Crippen LogP contribution in [0.25, 0.3) is 11.3 Å². The second-order valence-electron chi connectivity index (χ2n) is 3.31. The molecule has 3 heteroatoms. The summed E-state index contributed by atoms with van der Waals surface area (Å²) in [7, 11) is 1.90. The van der Waals surface area contributed by atoms with Crippen LogP contribution in [-0.2, 0) is 6.54 Å². The van der Waals surface area contributed by atoms with E-state index in [1.807, 2.05) is 37.4 Å². The normalized spacial score (nSPS) is 10.5. The summed E-state index contributed by atoms with van der Waals surface area (Å²) in [6.07, 6.45) is 1.67. The van der Waals surface area contributed by atoms with Crippen molar-refractivity contribution in [2.45, 2.75) is 6.54 Å². The van der Waals surface area contributed by atoms with E-state index in [1.165, 1.54) is 0 Å². The smallest absolute Gasteiger partial charge is 0.133 e. The van der Waals surface area contributed by atoms with Crippen molar-refractivity contribution in [3.63, 3.8) is 0 Å². The van der Waals surface area contributed by atoms with Crippen molar-refractivity contribution >= 4 is 11.6 Å². The topological polar surface area (TPSA) is 25.2 Å². The quantitative estimate of drug-likeness (QED) is 0.860. The molecule has 2 nitrogen and oxygen atoms in total. The van der Waals surface area contributed by atoms with Gasteiger partial charge in [0.2, 0.25) is 0 Å². The molecule has 78 valence electrons. The van der Waals surface area contributed by atoms with Gasteiger partial charge >= 0.3 is 0 Å². The van der Waals surface area contributed by atoms with E-state index in [0.717, 1.165) is 28.5 Å². The Hall–Kier alpha value is -1.25. The average molecular weight is 222 g/mol. The van der Waals surface area contributed by atoms with E-state index in [1.54, 1.807) is 6.26 Å². The fraction of sp³-hybridized carbons (Fsp3) is 0.167. The van der Waals surface area contributed by atoms with Gasteiger partial charge in [-0.15, -0.1) is 0 Å². The maximum Gasteiger partial charge on any atom is 0.133 e. The van der Waals surface area contributed by atoms with Crippen LogP contribution in [0.5, 0.6) is 0 Å². The summed E-state index contributed by atoms with van der Waals surface area (Å²) in [6, 6.07) is 9.71. The van der Waals surface area contributed by atoms with E-state index in [9.17, 15) is 0 Å². The standard InChI is InChI=1S/C12H12ClNO/c1-14-8-10-7-9(4-5-11(10)13)12-3-2-6-15-12/h2-7,14H,8H2,1H3. The Balaban J connectivity index is 2.38. The minimum Gasteiger partial charge on any atom is -0.464 e. The van der Waals surface area contributed by atoms with E-state index in [2.05, 4.69) is 5.32 Å². The maximum atomic E-state index is 6.07. The van der Waals surface area contributed by atoms with Gasteiger partial charge in [0, 0.05) is 17.1 Å². The van der Waals surface area contributed by atoms with Gasteiger partial charge in [-0.1, -0.05) is 11.6 Å². The molecule has 1 heterocycles. The third-order valence-electron chi connectivity index (χ3n) is 2.22. The summed E-state index contributed by atoms with van der Waals surface area (Å²) in [5, 5.41) is 3.86. The second-order valence-corrected chi connectivity index (χ2v) is 3.72. The van der Waals surface area contributed by atoms with Gasteiger partial charge in [-0.05, 0) is 42.9 Å². The highest BCUT2D eigenvalue weighted by atomic mass is 35.5. The Morgan fingerprint density at radius 1 is 1.33 bits per heavy atom. The van der Waals surface area contributed by atoms with Crippen LogP contribution in [0.4, 0.5) is 0 Å². The molecule has 0 fully saturated rings. The van der Waals surface area contributed by atoms with Crippen LogP contribution in [0.1, 0.15) is 5.56 Å². The van der Waals surface area contributed by atoms with E-state index in [0.29, 0.717) is 0 Å². The molecule has 0 atom stereocenters. The summed E-state index contributed by atoms with van der Waals surface area (Å²) in [6.45, 7) is 0.757. The SMILES string of the molecule is CNCc1cc(-c2ccco2)ccc1Cl. The molecule has 2 rings (SSSR count). The predicted octanol–water partition coefficient (Wildman–Crippen LogP) is 3.32. The zero-order chi connectivity index (χ0) is 10.7. The van der Waals surface area contributed by atoms with Gasteiger partial charge in [0.05, 0.1) is 6.26 Å². The maximum absolute atomic E-state index is 6.07. The van der Waals surface area contributed by atoms with Crippen LogP contribution >= 0.6 is 11.6 Å². The number of benzene rings is 1. The summed E-state index contributed by atoms with van der Waals surface area (Å²) in [4.78, 5) is 0. The minimum absolute atomic E-state index is 0.757. The monoisotopic (exact) mass is 221 g/mol. The van der Waals surface area contributed by atoms with Crippen LogP contribution in [0.3, 0.4) is 0 Å². The largest absolute Gasteiger partial charge is 0.464 e. The summed E-state index contributed by atoms with van der Waals surface area (Å²) in [5.74, 6) is 0.865. The first-order chi connectivity index (χ1) is 7.31. The molecule has 1 N–H and O–H groups in total. The molecular formula is C12H12ClNO. The van der Waals surface area contributed by atoms with Crippen molar-refractivity contribution in [3.8, 4) is 11.3 Å². The van der Waals surface area contributed by atoms with Crippen molar-refractivity contribution in [3.05, 3.63) is 47.2 Å². The number of hydrogen-bond acceptors (Lipinski definition) is 2. The van der Waals surface area contributed by atoms with Crippen molar-refractivity contribution in [2.75, 3.05) is 7.05 Å². The number of rotatable bonds is 3. The van der Waals surface area contributed by atoms with Crippen LogP contribution in [0, 0.1) is 0 Å². The van der Waals surface area contributed by atoms with E-state index < -0.39 is 0 Å². The third-order valence-corrected chi connectivity index (χ3v) is 2.59. The van der Waals surface area contributed by atoms with Gasteiger partial charge in [0.25, 0.3) is 0 Å². The van der Waals surface area contributed by atoms with Crippen molar-refractivity contribution in [1.82, 2.24) is 5.32 Å². The zero-order valence-corrected chi connectivity index (χ0v) is 9.21. The van der Waals surface area contributed by atoms with Gasteiger partial charge in [-0.25, -0.2) is 0 Å². The molecule has 0 radical (unpaired) electrons. The predicted molar refractivity (Wildman–Crippen MR) is 61.9 cm³/mol. The molecule has 0 aliphatic rings. The Kier molecular flexibility index (Phi) is 3.09. The van der Waals surface area contributed by atoms with Gasteiger partial charge in [0.1, 0.15) is 5.76 Å². The van der Waals surface area contributed by atoms with E-state index in [4.69, 9.17) is 16.0 Å². The van der Waals surface area contributed by atoms with Crippen molar-refractivity contribution in [1.29, 1.82) is 0 Å². The molecule has 0 aliphatic heterocycles. The zero-order valence-electron chi connectivity index (χ0n) is 8.46. The summed E-state index contributed by atoms with van der Waals surface area (Å²) in [5.41, 5.74) is 2.13. The molecule has 0 bridgehead atoms. The van der Waals surface area contributed by atoms with Crippen LogP contribution in [0.2, 0.25) is 5.02 Å². The van der Waals surface area contributed by atoms with Crippen LogP contribution < -0.4 is 5.32 Å². The Morgan fingerprint density at radius 3 is 2.87 bits per heavy atom. The van der Waals surface area contributed by atoms with Crippen LogP contribution in [-0.4, -0.2) is 7.05 Å². The van der Waals surface area contributed by atoms with Gasteiger partial charge in [-0.3, -0.25) is 0 Å². The van der Waals surface area contributed by atoms with Crippen molar-refractivity contribution in [2.24, 2.45) is 0 Å². The Morgan fingerprint density at radius 2 is 2.20 bits per heavy atom. The Bertz CT molecular complexity index is 437. The van der Waals surface area contributed by atoms with Crippen LogP contribution in [0.15, 0.2) is 41.0 Å².